The molecule has 0 spiro atoms. The van der Waals surface area contributed by atoms with Crippen molar-refractivity contribution in [1.82, 2.24) is 14.8 Å². The highest BCUT2D eigenvalue weighted by atomic mass is 32.1. The smallest absolute Gasteiger partial charge is 0.0900 e. The van der Waals surface area contributed by atoms with Crippen molar-refractivity contribution in [3.8, 4) is 0 Å². The van der Waals surface area contributed by atoms with Crippen molar-refractivity contribution in [1.29, 1.82) is 0 Å². The normalized spacial score (nSPS) is 10.6. The monoisotopic (exact) mass is 193 g/mol. The van der Waals surface area contributed by atoms with Gasteiger partial charge in [-0.25, -0.2) is 4.98 Å². The first-order chi connectivity index (χ1) is 6.25. The van der Waals surface area contributed by atoms with Gasteiger partial charge in [-0.15, -0.1) is 11.3 Å². The third-order valence-corrected chi connectivity index (χ3v) is 2.92. The van der Waals surface area contributed by atoms with E-state index in [4.69, 9.17) is 0 Å². The number of hydrogen-bond acceptors (Lipinski definition) is 3. The Bertz CT molecular complexity index is 389. The third kappa shape index (κ3) is 1.78. The van der Waals surface area contributed by atoms with Crippen molar-refractivity contribution < 1.29 is 0 Å². The van der Waals surface area contributed by atoms with Crippen LogP contribution in [0.25, 0.3) is 0 Å². The predicted octanol–water partition coefficient (Wildman–Crippen LogP) is 2.00. The largest absolute Gasteiger partial charge is 0.267 e. The molecule has 0 aliphatic rings. The summed E-state index contributed by atoms with van der Waals surface area (Å²) >= 11 is 1.74. The zero-order chi connectivity index (χ0) is 9.26. The molecule has 0 aromatic carbocycles. The van der Waals surface area contributed by atoms with E-state index < -0.39 is 0 Å². The van der Waals surface area contributed by atoms with Crippen LogP contribution in [0.4, 0.5) is 0 Å². The Morgan fingerprint density at radius 1 is 1.46 bits per heavy atom. The summed E-state index contributed by atoms with van der Waals surface area (Å²) in [6.07, 6.45) is 3.76. The number of thiazole rings is 1. The van der Waals surface area contributed by atoms with E-state index >= 15 is 0 Å². The zero-order valence-corrected chi connectivity index (χ0v) is 8.51. The molecule has 0 saturated heterocycles. The Balaban J connectivity index is 2.23. The Hall–Kier alpha value is -1.16. The van der Waals surface area contributed by atoms with Gasteiger partial charge in [0.1, 0.15) is 0 Å². The number of nitrogens with zero attached hydrogens (tertiary/aromatic N) is 3. The van der Waals surface area contributed by atoms with Gasteiger partial charge in [0, 0.05) is 17.3 Å². The van der Waals surface area contributed by atoms with Crippen LogP contribution in [0.5, 0.6) is 0 Å². The molecule has 2 aromatic rings. The van der Waals surface area contributed by atoms with E-state index in [1.807, 2.05) is 30.8 Å². The van der Waals surface area contributed by atoms with Crippen LogP contribution in [0.1, 0.15) is 15.6 Å². The van der Waals surface area contributed by atoms with E-state index in [0.29, 0.717) is 0 Å². The fourth-order valence-electron chi connectivity index (χ4n) is 1.26. The van der Waals surface area contributed by atoms with Crippen LogP contribution >= 0.6 is 11.3 Å². The second kappa shape index (κ2) is 3.30. The van der Waals surface area contributed by atoms with Crippen LogP contribution in [-0.2, 0) is 6.54 Å². The van der Waals surface area contributed by atoms with Crippen molar-refractivity contribution in [2.45, 2.75) is 20.4 Å². The van der Waals surface area contributed by atoms with Gasteiger partial charge in [0.25, 0.3) is 0 Å². The first-order valence-electron chi connectivity index (χ1n) is 4.16. The van der Waals surface area contributed by atoms with Crippen LogP contribution in [0, 0.1) is 13.8 Å². The molecule has 4 heteroatoms. The van der Waals surface area contributed by atoms with Crippen molar-refractivity contribution >= 4 is 11.3 Å². The van der Waals surface area contributed by atoms with Gasteiger partial charge in [-0.1, -0.05) is 0 Å². The SMILES string of the molecule is Cc1nc(C)c(Cn2cccn2)s1. The van der Waals surface area contributed by atoms with E-state index in [1.165, 1.54) is 4.88 Å². The van der Waals surface area contributed by atoms with Crippen molar-refractivity contribution in [2.24, 2.45) is 0 Å². The summed E-state index contributed by atoms with van der Waals surface area (Å²) in [5, 5.41) is 5.28. The molecule has 13 heavy (non-hydrogen) atoms. The average molecular weight is 193 g/mol. The van der Waals surface area contributed by atoms with Crippen LogP contribution < -0.4 is 0 Å². The molecule has 0 N–H and O–H groups in total. The molecule has 0 saturated carbocycles. The third-order valence-electron chi connectivity index (χ3n) is 1.86. The molecule has 0 aliphatic carbocycles. The molecule has 2 heterocycles. The van der Waals surface area contributed by atoms with Gasteiger partial charge in [-0.2, -0.15) is 5.10 Å². The van der Waals surface area contributed by atoms with Crippen molar-refractivity contribution in [2.75, 3.05) is 0 Å². The fourth-order valence-corrected chi connectivity index (χ4v) is 2.19. The number of aryl methyl sites for hydroxylation is 2. The topological polar surface area (TPSA) is 30.7 Å². The zero-order valence-electron chi connectivity index (χ0n) is 7.69. The molecule has 0 bridgehead atoms. The van der Waals surface area contributed by atoms with Crippen molar-refractivity contribution in [3.63, 3.8) is 0 Å². The second-order valence-corrected chi connectivity index (χ2v) is 4.23. The molecular weight excluding hydrogens is 182 g/mol. The summed E-state index contributed by atoms with van der Waals surface area (Å²) in [5.41, 5.74) is 1.12. The first-order valence-corrected chi connectivity index (χ1v) is 4.97. The molecular formula is C9H11N3S. The Kier molecular flexibility index (Phi) is 2.14. The summed E-state index contributed by atoms with van der Waals surface area (Å²) in [4.78, 5) is 5.66. The molecule has 0 atom stereocenters. The summed E-state index contributed by atoms with van der Waals surface area (Å²) in [6.45, 7) is 4.91. The van der Waals surface area contributed by atoms with Crippen LogP contribution in [0.2, 0.25) is 0 Å². The van der Waals surface area contributed by atoms with Gasteiger partial charge in [-0.05, 0) is 19.9 Å². The van der Waals surface area contributed by atoms with Gasteiger partial charge < -0.3 is 0 Å². The molecule has 2 rings (SSSR count). The van der Waals surface area contributed by atoms with E-state index in [2.05, 4.69) is 10.1 Å². The lowest BCUT2D eigenvalue weighted by atomic mass is 10.4. The molecule has 0 radical (unpaired) electrons. The lowest BCUT2D eigenvalue weighted by Gasteiger charge is -1.97. The van der Waals surface area contributed by atoms with Crippen molar-refractivity contribution in [3.05, 3.63) is 34.0 Å². The predicted molar refractivity (Wildman–Crippen MR) is 52.9 cm³/mol. The van der Waals surface area contributed by atoms with Crippen LogP contribution in [-0.4, -0.2) is 14.8 Å². The highest BCUT2D eigenvalue weighted by Crippen LogP contribution is 2.17. The lowest BCUT2D eigenvalue weighted by molar-refractivity contribution is 0.691. The summed E-state index contributed by atoms with van der Waals surface area (Å²) in [5.74, 6) is 0. The van der Waals surface area contributed by atoms with Crippen LogP contribution in [0.15, 0.2) is 18.5 Å². The maximum absolute atomic E-state index is 4.37. The van der Waals surface area contributed by atoms with E-state index in [1.54, 1.807) is 17.5 Å². The minimum Gasteiger partial charge on any atom is -0.267 e. The van der Waals surface area contributed by atoms with Gasteiger partial charge in [0.05, 0.1) is 17.2 Å². The Labute approximate surface area is 81.1 Å². The molecule has 0 unspecified atom stereocenters. The number of rotatable bonds is 2. The Morgan fingerprint density at radius 3 is 2.85 bits per heavy atom. The number of aromatic nitrogens is 3. The van der Waals surface area contributed by atoms with Gasteiger partial charge in [0.2, 0.25) is 0 Å². The fraction of sp³-hybridized carbons (Fsp3) is 0.333. The molecule has 0 fully saturated rings. The van der Waals surface area contributed by atoms with Gasteiger partial charge in [0.15, 0.2) is 0 Å². The Morgan fingerprint density at radius 2 is 2.31 bits per heavy atom. The molecule has 0 amide bonds. The number of hydrogen-bond donors (Lipinski definition) is 0. The maximum Gasteiger partial charge on any atom is 0.0900 e. The van der Waals surface area contributed by atoms with Gasteiger partial charge >= 0.3 is 0 Å². The molecule has 68 valence electrons. The van der Waals surface area contributed by atoms with Gasteiger partial charge in [-0.3, -0.25) is 4.68 Å². The average Bonchev–Trinajstić information content (AvgIpc) is 2.63. The quantitative estimate of drug-likeness (QED) is 0.730. The highest BCUT2D eigenvalue weighted by Gasteiger charge is 2.04. The summed E-state index contributed by atoms with van der Waals surface area (Å²) < 4.78 is 1.92. The van der Waals surface area contributed by atoms with Crippen LogP contribution in [0.3, 0.4) is 0 Å². The molecule has 0 aliphatic heterocycles. The van der Waals surface area contributed by atoms with E-state index in [0.717, 1.165) is 17.2 Å². The van der Waals surface area contributed by atoms with E-state index in [9.17, 15) is 0 Å². The second-order valence-electron chi connectivity index (χ2n) is 2.95. The molecule has 3 nitrogen and oxygen atoms in total. The summed E-state index contributed by atoms with van der Waals surface area (Å²) in [7, 11) is 0. The van der Waals surface area contributed by atoms with E-state index in [-0.39, 0.29) is 0 Å². The minimum absolute atomic E-state index is 0.838. The molecule has 2 aromatic heterocycles. The standard InChI is InChI=1S/C9H11N3S/c1-7-9(13-8(2)11-7)6-12-5-3-4-10-12/h3-5H,6H2,1-2H3. The highest BCUT2D eigenvalue weighted by molar-refractivity contribution is 7.11. The minimum atomic E-state index is 0.838. The first kappa shape index (κ1) is 8.44. The maximum atomic E-state index is 4.37. The summed E-state index contributed by atoms with van der Waals surface area (Å²) in [6, 6.07) is 1.93. The lowest BCUT2D eigenvalue weighted by Crippen LogP contribution is -1.98.